The van der Waals surface area contributed by atoms with Gasteiger partial charge in [0.2, 0.25) is 5.82 Å². The summed E-state index contributed by atoms with van der Waals surface area (Å²) < 4.78 is 2.09. The average molecular weight is 568 g/mol. The van der Waals surface area contributed by atoms with E-state index in [-0.39, 0.29) is 0 Å². The highest BCUT2D eigenvalue weighted by molar-refractivity contribution is 7.19. The minimum atomic E-state index is -1.22. The number of rotatable bonds is 7. The van der Waals surface area contributed by atoms with Crippen molar-refractivity contribution >= 4 is 39.6 Å². The van der Waals surface area contributed by atoms with E-state index < -0.39 is 6.15 Å². The second-order valence-electron chi connectivity index (χ2n) is 10.6. The Kier molecular flexibility index (Phi) is 9.00. The molecule has 7 rings (SSSR count). The highest BCUT2D eigenvalue weighted by atomic mass is 15.1. The Morgan fingerprint density at radius 3 is 1.25 bits per heavy atom. The second kappa shape index (κ2) is 14.0. The summed E-state index contributed by atoms with van der Waals surface area (Å²) in [6.07, 6.45) is 2.59. The third-order valence-electron chi connectivity index (χ3n) is 8.01. The van der Waals surface area contributed by atoms with Gasteiger partial charge in [-0.2, -0.15) is 26.4 Å². The van der Waals surface area contributed by atoms with Crippen molar-refractivity contribution in [3.8, 4) is 5.69 Å². The zero-order chi connectivity index (χ0) is 29.9. The van der Waals surface area contributed by atoms with Crippen molar-refractivity contribution in [3.63, 3.8) is 0 Å². The number of anilines is 2. The molecular weight excluding hydrogens is 533 g/mol. The fourth-order valence-corrected chi connectivity index (χ4v) is 6.05. The van der Waals surface area contributed by atoms with Crippen LogP contribution in [-0.4, -0.2) is 11.1 Å². The number of aromatic nitrogens is 2. The number of nitrogens with one attached hydrogen (secondary N) is 1. The maximum absolute atomic E-state index is 4.28. The van der Waals surface area contributed by atoms with E-state index in [1.54, 1.807) is 6.20 Å². The zero-order valence-electron chi connectivity index (χ0n) is 24.5. The van der Waals surface area contributed by atoms with Crippen LogP contribution < -0.4 is 31.7 Å². The quantitative estimate of drug-likeness (QED) is 0.185. The first-order valence-corrected chi connectivity index (χ1v) is 15.0. The van der Waals surface area contributed by atoms with Crippen LogP contribution >= 0.6 is 0 Å². The summed E-state index contributed by atoms with van der Waals surface area (Å²) in [5.41, 5.74) is 6.47. The van der Waals surface area contributed by atoms with Gasteiger partial charge in [0.25, 0.3) is 5.82 Å². The SMILES string of the molecule is c1ccc(-[n+]2ccccc2Nc2ccccn2)cc1.c1ccc([B-](c2ccccc2)(c2ccccc2)c2ccccc2)cc1. The van der Waals surface area contributed by atoms with Gasteiger partial charge in [0, 0.05) is 18.3 Å². The molecule has 212 valence electrons. The van der Waals surface area contributed by atoms with Crippen LogP contribution in [0.3, 0.4) is 0 Å². The second-order valence-corrected chi connectivity index (χ2v) is 10.6. The lowest BCUT2D eigenvalue weighted by Crippen LogP contribution is -2.74. The molecule has 0 aliphatic rings. The van der Waals surface area contributed by atoms with E-state index in [0.717, 1.165) is 17.3 Å². The number of para-hydroxylation sites is 1. The number of hydrogen-bond donors (Lipinski definition) is 1. The van der Waals surface area contributed by atoms with Crippen LogP contribution in [0.5, 0.6) is 0 Å². The Morgan fingerprint density at radius 2 is 0.818 bits per heavy atom. The first-order valence-electron chi connectivity index (χ1n) is 15.0. The van der Waals surface area contributed by atoms with Gasteiger partial charge in [-0.3, -0.25) is 0 Å². The van der Waals surface area contributed by atoms with Crippen molar-refractivity contribution in [2.75, 3.05) is 5.32 Å². The lowest BCUT2D eigenvalue weighted by Gasteiger charge is -2.44. The zero-order valence-corrected chi connectivity index (χ0v) is 24.5. The Hall–Kier alpha value is -5.74. The normalized spacial score (nSPS) is 10.7. The molecule has 0 fully saturated rings. The molecule has 0 spiro atoms. The molecule has 7 aromatic rings. The molecule has 0 radical (unpaired) electrons. The molecule has 0 atom stereocenters. The smallest absolute Gasteiger partial charge is 0.224 e. The monoisotopic (exact) mass is 567 g/mol. The largest absolute Gasteiger partial charge is 0.285 e. The summed E-state index contributed by atoms with van der Waals surface area (Å²) in [7, 11) is 0. The standard InChI is InChI=1S/C24H20B.C16H13N3/c1-5-13-21(14-6-1)25(22-15-7-2-8-16-22,23-17-9-3-10-18-23)24-19-11-4-12-20-24;1-2-8-14(9-3-1)19-13-7-5-11-16(19)18-15-10-4-6-12-17-15/h1-20H;1-13H/q-1;/p+1. The lowest BCUT2D eigenvalue weighted by molar-refractivity contribution is -0.580. The van der Waals surface area contributed by atoms with Gasteiger partial charge in [0.15, 0.2) is 0 Å². The summed E-state index contributed by atoms with van der Waals surface area (Å²) >= 11 is 0. The van der Waals surface area contributed by atoms with E-state index in [1.165, 1.54) is 21.9 Å². The van der Waals surface area contributed by atoms with Crippen LogP contribution in [0.15, 0.2) is 200 Å². The molecule has 0 unspecified atom stereocenters. The predicted octanol–water partition coefficient (Wildman–Crippen LogP) is 6.17. The summed E-state index contributed by atoms with van der Waals surface area (Å²) in [4.78, 5) is 4.28. The molecule has 0 aliphatic carbocycles. The fourth-order valence-electron chi connectivity index (χ4n) is 6.05. The first kappa shape index (κ1) is 28.4. The highest BCUT2D eigenvalue weighted by Gasteiger charge is 2.31. The average Bonchev–Trinajstić information content (AvgIpc) is 3.12. The summed E-state index contributed by atoms with van der Waals surface area (Å²) in [6.45, 7) is 0. The molecule has 0 saturated carbocycles. The van der Waals surface area contributed by atoms with Gasteiger partial charge in [-0.05, 0) is 24.3 Å². The van der Waals surface area contributed by atoms with Gasteiger partial charge < -0.3 is 0 Å². The van der Waals surface area contributed by atoms with Gasteiger partial charge in [-0.15, -0.1) is 0 Å². The van der Waals surface area contributed by atoms with Crippen molar-refractivity contribution in [2.24, 2.45) is 0 Å². The van der Waals surface area contributed by atoms with E-state index >= 15 is 0 Å². The Bertz CT molecular complexity index is 1690. The molecular formula is C40H34BN3. The van der Waals surface area contributed by atoms with Crippen LogP contribution in [0.4, 0.5) is 11.6 Å². The molecule has 2 heterocycles. The molecule has 3 nitrogen and oxygen atoms in total. The van der Waals surface area contributed by atoms with E-state index in [2.05, 4.69) is 148 Å². The molecule has 4 heteroatoms. The lowest BCUT2D eigenvalue weighted by atomic mass is 9.13. The van der Waals surface area contributed by atoms with Crippen LogP contribution in [-0.2, 0) is 0 Å². The van der Waals surface area contributed by atoms with Crippen molar-refractivity contribution in [1.82, 2.24) is 4.98 Å². The highest BCUT2D eigenvalue weighted by Crippen LogP contribution is 2.12. The number of hydrogen-bond acceptors (Lipinski definition) is 2. The van der Waals surface area contributed by atoms with Gasteiger partial charge in [0.1, 0.15) is 11.8 Å². The van der Waals surface area contributed by atoms with Crippen molar-refractivity contribution < 1.29 is 4.57 Å². The maximum atomic E-state index is 4.28. The summed E-state index contributed by atoms with van der Waals surface area (Å²) in [5, 5.41) is 3.32. The van der Waals surface area contributed by atoms with Crippen molar-refractivity contribution in [2.45, 2.75) is 0 Å². The minimum absolute atomic E-state index is 0.832. The number of nitrogens with zero attached hydrogens (tertiary/aromatic N) is 2. The fraction of sp³-hybridized carbons (Fsp3) is 0. The van der Waals surface area contributed by atoms with Crippen LogP contribution in [0.25, 0.3) is 5.69 Å². The number of pyridine rings is 2. The number of benzene rings is 5. The topological polar surface area (TPSA) is 28.8 Å². The van der Waals surface area contributed by atoms with Gasteiger partial charge in [0.05, 0.1) is 6.20 Å². The van der Waals surface area contributed by atoms with E-state index in [0.29, 0.717) is 0 Å². The summed E-state index contributed by atoms with van der Waals surface area (Å²) in [6, 6.07) is 65.6. The molecule has 0 aliphatic heterocycles. The van der Waals surface area contributed by atoms with Crippen molar-refractivity contribution in [1.29, 1.82) is 0 Å². The maximum Gasteiger partial charge on any atom is 0.285 e. The predicted molar refractivity (Wildman–Crippen MR) is 186 cm³/mol. The Balaban J connectivity index is 0.000000162. The molecule has 44 heavy (non-hydrogen) atoms. The van der Waals surface area contributed by atoms with Crippen molar-refractivity contribution in [3.05, 3.63) is 200 Å². The van der Waals surface area contributed by atoms with Gasteiger partial charge in [-0.25, -0.2) is 10.3 Å². The van der Waals surface area contributed by atoms with Gasteiger partial charge in [-0.1, -0.05) is 152 Å². The Morgan fingerprint density at radius 1 is 0.409 bits per heavy atom. The summed E-state index contributed by atoms with van der Waals surface area (Å²) in [5.74, 6) is 1.81. The van der Waals surface area contributed by atoms with Crippen LogP contribution in [0.2, 0.25) is 0 Å². The van der Waals surface area contributed by atoms with E-state index in [1.807, 2.05) is 60.8 Å². The Labute approximate surface area is 260 Å². The van der Waals surface area contributed by atoms with E-state index in [4.69, 9.17) is 0 Å². The first-order chi connectivity index (χ1) is 21.9. The minimum Gasteiger partial charge on any atom is -0.224 e. The molecule has 2 aromatic heterocycles. The van der Waals surface area contributed by atoms with E-state index in [9.17, 15) is 0 Å². The molecule has 0 saturated heterocycles. The van der Waals surface area contributed by atoms with Crippen LogP contribution in [0.1, 0.15) is 0 Å². The third kappa shape index (κ3) is 6.20. The van der Waals surface area contributed by atoms with Crippen LogP contribution in [0, 0.1) is 0 Å². The molecule has 0 amide bonds. The molecule has 1 N–H and O–H groups in total. The van der Waals surface area contributed by atoms with Gasteiger partial charge >= 0.3 is 0 Å². The molecule has 5 aromatic carbocycles. The third-order valence-corrected chi connectivity index (χ3v) is 8.01. The molecule has 0 bridgehead atoms.